The maximum atomic E-state index is 12.1. The van der Waals surface area contributed by atoms with Gasteiger partial charge in [0.2, 0.25) is 5.91 Å². The minimum Gasteiger partial charge on any atom is -0.497 e. The van der Waals surface area contributed by atoms with Crippen molar-refractivity contribution in [2.24, 2.45) is 0 Å². The molecule has 3 aromatic rings. The van der Waals surface area contributed by atoms with Gasteiger partial charge in [-0.1, -0.05) is 18.2 Å². The summed E-state index contributed by atoms with van der Waals surface area (Å²) in [6.07, 6.45) is 1.92. The van der Waals surface area contributed by atoms with Gasteiger partial charge in [0.25, 0.3) is 0 Å². The molecule has 0 aliphatic heterocycles. The van der Waals surface area contributed by atoms with Gasteiger partial charge in [-0.3, -0.25) is 4.79 Å². The number of nitrogens with one attached hydrogen (secondary N) is 1. The fourth-order valence-corrected chi connectivity index (χ4v) is 2.22. The number of benzene rings is 2. The van der Waals surface area contributed by atoms with Crippen molar-refractivity contribution >= 4 is 22.6 Å². The molecule has 0 radical (unpaired) electrons. The molecular formula is C17H15NO3. The number of hydrogen-bond donors (Lipinski definition) is 1. The quantitative estimate of drug-likeness (QED) is 0.794. The van der Waals surface area contributed by atoms with E-state index in [0.717, 1.165) is 28.0 Å². The normalized spacial score (nSPS) is 10.5. The molecule has 0 saturated heterocycles. The first-order valence-corrected chi connectivity index (χ1v) is 6.65. The molecule has 0 saturated carbocycles. The molecule has 106 valence electrons. The molecule has 2 aromatic carbocycles. The molecule has 0 atom stereocenters. The molecule has 21 heavy (non-hydrogen) atoms. The average Bonchev–Trinajstić information content (AvgIpc) is 2.91. The van der Waals surface area contributed by atoms with Crippen molar-refractivity contribution < 1.29 is 13.9 Å². The van der Waals surface area contributed by atoms with Crippen molar-refractivity contribution in [3.8, 4) is 5.75 Å². The Hall–Kier alpha value is -2.75. The van der Waals surface area contributed by atoms with Crippen LogP contribution in [-0.4, -0.2) is 13.0 Å². The highest BCUT2D eigenvalue weighted by Gasteiger charge is 2.10. The van der Waals surface area contributed by atoms with E-state index in [-0.39, 0.29) is 12.3 Å². The molecule has 0 unspecified atom stereocenters. The summed E-state index contributed by atoms with van der Waals surface area (Å²) in [6.45, 7) is 0. The van der Waals surface area contributed by atoms with E-state index < -0.39 is 0 Å². The van der Waals surface area contributed by atoms with Crippen molar-refractivity contribution in [2.75, 3.05) is 12.4 Å². The van der Waals surface area contributed by atoms with Gasteiger partial charge in [-0.05, 0) is 30.3 Å². The van der Waals surface area contributed by atoms with Gasteiger partial charge in [0.1, 0.15) is 11.3 Å². The fourth-order valence-electron chi connectivity index (χ4n) is 2.22. The van der Waals surface area contributed by atoms with Gasteiger partial charge < -0.3 is 14.5 Å². The Kier molecular flexibility index (Phi) is 3.60. The van der Waals surface area contributed by atoms with Gasteiger partial charge in [-0.2, -0.15) is 0 Å². The van der Waals surface area contributed by atoms with Crippen molar-refractivity contribution in [3.63, 3.8) is 0 Å². The Morgan fingerprint density at radius 2 is 1.90 bits per heavy atom. The minimum absolute atomic E-state index is 0.0771. The van der Waals surface area contributed by atoms with Crippen molar-refractivity contribution in [1.82, 2.24) is 0 Å². The van der Waals surface area contributed by atoms with Crippen molar-refractivity contribution in [2.45, 2.75) is 6.42 Å². The molecule has 0 aliphatic rings. The molecular weight excluding hydrogens is 266 g/mol. The standard InChI is InChI=1S/C17H15NO3/c1-20-14-8-6-13(7-9-14)18-17(19)10-12-11-21-16-5-3-2-4-15(12)16/h2-9,11H,10H2,1H3,(H,18,19). The lowest BCUT2D eigenvalue weighted by molar-refractivity contribution is -0.115. The number of ether oxygens (including phenoxy) is 1. The molecule has 3 rings (SSSR count). The van der Waals surface area contributed by atoms with E-state index in [9.17, 15) is 4.79 Å². The summed E-state index contributed by atoms with van der Waals surface area (Å²) >= 11 is 0. The average molecular weight is 281 g/mol. The van der Waals surface area contributed by atoms with Gasteiger partial charge >= 0.3 is 0 Å². The monoisotopic (exact) mass is 281 g/mol. The van der Waals surface area contributed by atoms with Crippen molar-refractivity contribution in [3.05, 3.63) is 60.4 Å². The van der Waals surface area contributed by atoms with E-state index in [1.54, 1.807) is 13.4 Å². The first kappa shape index (κ1) is 13.2. The second-order valence-electron chi connectivity index (χ2n) is 4.71. The van der Waals surface area contributed by atoms with Gasteiger partial charge in [0.05, 0.1) is 19.8 Å². The summed E-state index contributed by atoms with van der Waals surface area (Å²) in [4.78, 5) is 12.1. The zero-order chi connectivity index (χ0) is 14.7. The molecule has 4 heteroatoms. The topological polar surface area (TPSA) is 51.5 Å². The van der Waals surface area contributed by atoms with Crippen LogP contribution in [0.15, 0.2) is 59.2 Å². The summed E-state index contributed by atoms with van der Waals surface area (Å²) in [5.41, 5.74) is 2.43. The summed E-state index contributed by atoms with van der Waals surface area (Å²) in [6, 6.07) is 14.9. The Bertz CT molecular complexity index is 759. The number of amides is 1. The lowest BCUT2D eigenvalue weighted by Crippen LogP contribution is -2.14. The predicted molar refractivity (Wildman–Crippen MR) is 81.5 cm³/mol. The van der Waals surface area contributed by atoms with Crippen LogP contribution in [0.3, 0.4) is 0 Å². The van der Waals surface area contributed by atoms with Crippen LogP contribution in [0.1, 0.15) is 5.56 Å². The molecule has 0 spiro atoms. The Labute approximate surface area is 122 Å². The third kappa shape index (κ3) is 2.89. The second kappa shape index (κ2) is 5.71. The number of methoxy groups -OCH3 is 1. The molecule has 0 fully saturated rings. The van der Waals surface area contributed by atoms with E-state index in [1.165, 1.54) is 0 Å². The van der Waals surface area contributed by atoms with Crippen molar-refractivity contribution in [1.29, 1.82) is 0 Å². The minimum atomic E-state index is -0.0771. The summed E-state index contributed by atoms with van der Waals surface area (Å²) in [5.74, 6) is 0.681. The molecule has 4 nitrogen and oxygen atoms in total. The maximum Gasteiger partial charge on any atom is 0.228 e. The van der Waals surface area contributed by atoms with Crippen LogP contribution in [0.4, 0.5) is 5.69 Å². The number of hydrogen-bond acceptors (Lipinski definition) is 3. The summed E-state index contributed by atoms with van der Waals surface area (Å²) in [7, 11) is 1.61. The van der Waals surface area contributed by atoms with Gasteiger partial charge in [0.15, 0.2) is 0 Å². The highest BCUT2D eigenvalue weighted by molar-refractivity contribution is 5.95. The van der Waals surface area contributed by atoms with Crippen LogP contribution in [0.5, 0.6) is 5.75 Å². The van der Waals surface area contributed by atoms with Crippen LogP contribution >= 0.6 is 0 Å². The van der Waals surface area contributed by atoms with E-state index in [2.05, 4.69) is 5.32 Å². The van der Waals surface area contributed by atoms with Crippen LogP contribution in [0.25, 0.3) is 11.0 Å². The molecule has 0 bridgehead atoms. The SMILES string of the molecule is COc1ccc(NC(=O)Cc2coc3ccccc23)cc1. The number of fused-ring (bicyclic) bond motifs is 1. The van der Waals surface area contributed by atoms with Crippen LogP contribution in [-0.2, 0) is 11.2 Å². The fraction of sp³-hybridized carbons (Fsp3) is 0.118. The first-order valence-electron chi connectivity index (χ1n) is 6.65. The summed E-state index contributed by atoms with van der Waals surface area (Å²) < 4.78 is 10.5. The highest BCUT2D eigenvalue weighted by Crippen LogP contribution is 2.21. The number of furan rings is 1. The second-order valence-corrected chi connectivity index (χ2v) is 4.71. The number of anilines is 1. The molecule has 0 aliphatic carbocycles. The number of carbonyl (C=O) groups excluding carboxylic acids is 1. The zero-order valence-electron chi connectivity index (χ0n) is 11.6. The Morgan fingerprint density at radius 1 is 1.14 bits per heavy atom. The molecule has 1 amide bonds. The van der Waals surface area contributed by atoms with Gasteiger partial charge in [-0.25, -0.2) is 0 Å². The van der Waals surface area contributed by atoms with Crippen LogP contribution in [0, 0.1) is 0 Å². The largest absolute Gasteiger partial charge is 0.497 e. The number of carbonyl (C=O) groups is 1. The lowest BCUT2D eigenvalue weighted by Gasteiger charge is -2.05. The lowest BCUT2D eigenvalue weighted by atomic mass is 10.1. The molecule has 1 aromatic heterocycles. The highest BCUT2D eigenvalue weighted by atomic mass is 16.5. The number of rotatable bonds is 4. The van der Waals surface area contributed by atoms with E-state index in [4.69, 9.17) is 9.15 Å². The Morgan fingerprint density at radius 3 is 2.67 bits per heavy atom. The Balaban J connectivity index is 1.71. The first-order chi connectivity index (χ1) is 10.3. The zero-order valence-corrected chi connectivity index (χ0v) is 11.6. The molecule has 1 heterocycles. The third-order valence-corrected chi connectivity index (χ3v) is 3.29. The van der Waals surface area contributed by atoms with E-state index in [0.29, 0.717) is 0 Å². The number of para-hydroxylation sites is 1. The smallest absolute Gasteiger partial charge is 0.228 e. The van der Waals surface area contributed by atoms with Gasteiger partial charge in [-0.15, -0.1) is 0 Å². The molecule has 1 N–H and O–H groups in total. The van der Waals surface area contributed by atoms with Crippen LogP contribution in [0.2, 0.25) is 0 Å². The third-order valence-electron chi connectivity index (χ3n) is 3.29. The predicted octanol–water partition coefficient (Wildman–Crippen LogP) is 3.62. The maximum absolute atomic E-state index is 12.1. The van der Waals surface area contributed by atoms with Gasteiger partial charge in [0, 0.05) is 16.6 Å². The van der Waals surface area contributed by atoms with E-state index in [1.807, 2.05) is 48.5 Å². The summed E-state index contributed by atoms with van der Waals surface area (Å²) in [5, 5.41) is 3.83. The van der Waals surface area contributed by atoms with Crippen LogP contribution < -0.4 is 10.1 Å². The van der Waals surface area contributed by atoms with E-state index >= 15 is 0 Å².